The Morgan fingerprint density at radius 3 is 2.15 bits per heavy atom. The van der Waals surface area contributed by atoms with Crippen molar-refractivity contribution in [1.82, 2.24) is 10.6 Å². The molecule has 1 aromatic rings. The summed E-state index contributed by atoms with van der Waals surface area (Å²) >= 11 is 3.42. The Labute approximate surface area is 130 Å². The zero-order valence-corrected chi connectivity index (χ0v) is 14.6. The molecule has 1 aromatic carbocycles. The lowest BCUT2D eigenvalue weighted by Gasteiger charge is -2.27. The highest BCUT2D eigenvalue weighted by atomic mass is 79.9. The van der Waals surface area contributed by atoms with Crippen LogP contribution < -0.4 is 10.6 Å². The molecule has 2 N–H and O–H groups in total. The fourth-order valence-electron chi connectivity index (χ4n) is 1.90. The van der Waals surface area contributed by atoms with Gasteiger partial charge in [-0.25, -0.2) is 0 Å². The van der Waals surface area contributed by atoms with Gasteiger partial charge in [0.05, 0.1) is 5.54 Å². The van der Waals surface area contributed by atoms with Crippen LogP contribution in [-0.4, -0.2) is 18.0 Å². The molecule has 0 aliphatic carbocycles. The molecular weight excluding hydrogens is 316 g/mol. The smallest absolute Gasteiger partial charge is 0.221 e. The quantitative estimate of drug-likeness (QED) is 0.860. The molecule has 3 nitrogen and oxygen atoms in total. The number of carbonyl (C=O) groups is 1. The summed E-state index contributed by atoms with van der Waals surface area (Å²) in [6.07, 6.45) is 0.483. The molecule has 0 atom stereocenters. The minimum absolute atomic E-state index is 0.0432. The highest BCUT2D eigenvalue weighted by Crippen LogP contribution is 2.22. The lowest BCUT2D eigenvalue weighted by atomic mass is 9.94. The minimum Gasteiger partial charge on any atom is -0.347 e. The van der Waals surface area contributed by atoms with Gasteiger partial charge in [-0.15, -0.1) is 0 Å². The van der Waals surface area contributed by atoms with Crippen molar-refractivity contribution in [1.29, 1.82) is 0 Å². The van der Waals surface area contributed by atoms with Crippen molar-refractivity contribution in [3.63, 3.8) is 0 Å². The highest BCUT2D eigenvalue weighted by Gasteiger charge is 2.22. The van der Waals surface area contributed by atoms with Crippen molar-refractivity contribution in [2.24, 2.45) is 0 Å². The summed E-state index contributed by atoms with van der Waals surface area (Å²) in [7, 11) is 0. The Hall–Kier alpha value is -0.870. The minimum atomic E-state index is -0.362. The Balaban J connectivity index is 2.53. The van der Waals surface area contributed by atoms with Crippen molar-refractivity contribution < 1.29 is 4.79 Å². The van der Waals surface area contributed by atoms with E-state index in [2.05, 4.69) is 47.3 Å². The third-order valence-electron chi connectivity index (χ3n) is 3.03. The van der Waals surface area contributed by atoms with Crippen molar-refractivity contribution in [2.75, 3.05) is 6.54 Å². The molecule has 0 radical (unpaired) electrons. The van der Waals surface area contributed by atoms with Gasteiger partial charge in [-0.2, -0.15) is 0 Å². The van der Waals surface area contributed by atoms with Gasteiger partial charge in [0, 0.05) is 23.0 Å². The Bertz CT molecular complexity index is 447. The summed E-state index contributed by atoms with van der Waals surface area (Å²) in [6.45, 7) is 11.0. The van der Waals surface area contributed by atoms with E-state index in [1.165, 1.54) is 0 Å². The number of rotatable bonds is 5. The first-order valence-corrected chi connectivity index (χ1v) is 7.71. The van der Waals surface area contributed by atoms with Gasteiger partial charge in [0.1, 0.15) is 0 Å². The molecule has 112 valence electrons. The monoisotopic (exact) mass is 340 g/mol. The number of nitrogens with one attached hydrogen (secondary N) is 2. The van der Waals surface area contributed by atoms with E-state index in [0.29, 0.717) is 13.0 Å². The summed E-state index contributed by atoms with van der Waals surface area (Å²) in [5.41, 5.74) is 0.777. The Kier molecular flexibility index (Phi) is 5.78. The molecule has 1 amide bonds. The molecular formula is C16H25BrN2O. The van der Waals surface area contributed by atoms with Crippen molar-refractivity contribution >= 4 is 21.8 Å². The first-order chi connectivity index (χ1) is 9.10. The SMILES string of the molecule is CC(C)(C)NCCC(=O)NC(C)(C)c1ccc(Br)cc1. The predicted octanol–water partition coefficient (Wildman–Crippen LogP) is 3.58. The van der Waals surface area contributed by atoms with Crippen LogP contribution in [0.4, 0.5) is 0 Å². The molecule has 0 fully saturated rings. The van der Waals surface area contributed by atoms with Gasteiger partial charge in [-0.05, 0) is 52.3 Å². The summed E-state index contributed by atoms with van der Waals surface area (Å²) in [5.74, 6) is 0.0645. The number of benzene rings is 1. The van der Waals surface area contributed by atoms with Gasteiger partial charge in [-0.3, -0.25) is 4.79 Å². The van der Waals surface area contributed by atoms with Crippen LogP contribution in [0, 0.1) is 0 Å². The molecule has 0 aromatic heterocycles. The standard InChI is InChI=1S/C16H25BrN2O/c1-15(2,3)18-11-10-14(20)19-16(4,5)12-6-8-13(17)9-7-12/h6-9,18H,10-11H2,1-5H3,(H,19,20). The molecule has 0 saturated carbocycles. The fourth-order valence-corrected chi connectivity index (χ4v) is 2.17. The van der Waals surface area contributed by atoms with E-state index in [0.717, 1.165) is 10.0 Å². The molecule has 0 unspecified atom stereocenters. The fraction of sp³-hybridized carbons (Fsp3) is 0.562. The van der Waals surface area contributed by atoms with Crippen LogP contribution in [-0.2, 0) is 10.3 Å². The third kappa shape index (κ3) is 6.06. The second kappa shape index (κ2) is 6.72. The van der Waals surface area contributed by atoms with Crippen molar-refractivity contribution in [3.05, 3.63) is 34.3 Å². The summed E-state index contributed by atoms with van der Waals surface area (Å²) < 4.78 is 1.04. The van der Waals surface area contributed by atoms with Gasteiger partial charge < -0.3 is 10.6 Å². The predicted molar refractivity (Wildman–Crippen MR) is 87.7 cm³/mol. The molecule has 20 heavy (non-hydrogen) atoms. The van der Waals surface area contributed by atoms with E-state index in [4.69, 9.17) is 0 Å². The van der Waals surface area contributed by atoms with Gasteiger partial charge >= 0.3 is 0 Å². The molecule has 0 aliphatic heterocycles. The van der Waals surface area contributed by atoms with Crippen LogP contribution in [0.1, 0.15) is 46.6 Å². The Morgan fingerprint density at radius 2 is 1.65 bits per heavy atom. The van der Waals surface area contributed by atoms with Crippen LogP contribution in [0.25, 0.3) is 0 Å². The van der Waals surface area contributed by atoms with E-state index < -0.39 is 0 Å². The summed E-state index contributed by atoms with van der Waals surface area (Å²) in [6, 6.07) is 8.03. The molecule has 0 saturated heterocycles. The molecule has 0 aliphatic rings. The van der Waals surface area contributed by atoms with E-state index in [1.54, 1.807) is 0 Å². The molecule has 0 bridgehead atoms. The lowest BCUT2D eigenvalue weighted by molar-refractivity contribution is -0.122. The second-order valence-corrected chi connectivity index (χ2v) is 7.52. The maximum Gasteiger partial charge on any atom is 0.221 e. The van der Waals surface area contributed by atoms with E-state index in [-0.39, 0.29) is 17.0 Å². The normalized spacial score (nSPS) is 12.3. The molecule has 4 heteroatoms. The number of carbonyl (C=O) groups excluding carboxylic acids is 1. The van der Waals surface area contributed by atoms with E-state index >= 15 is 0 Å². The number of halogens is 1. The molecule has 0 heterocycles. The number of hydrogen-bond acceptors (Lipinski definition) is 2. The zero-order chi connectivity index (χ0) is 15.4. The maximum absolute atomic E-state index is 12.0. The van der Waals surface area contributed by atoms with Gasteiger partial charge in [0.2, 0.25) is 5.91 Å². The first kappa shape index (κ1) is 17.2. The van der Waals surface area contributed by atoms with Crippen LogP contribution in [0.5, 0.6) is 0 Å². The second-order valence-electron chi connectivity index (χ2n) is 6.61. The van der Waals surface area contributed by atoms with E-state index in [9.17, 15) is 4.79 Å². The van der Waals surface area contributed by atoms with Crippen molar-refractivity contribution in [2.45, 2.75) is 52.1 Å². The third-order valence-corrected chi connectivity index (χ3v) is 3.55. The summed E-state index contributed by atoms with van der Waals surface area (Å²) in [4.78, 5) is 12.0. The average Bonchev–Trinajstić information content (AvgIpc) is 2.26. The van der Waals surface area contributed by atoms with Crippen LogP contribution in [0.3, 0.4) is 0 Å². The van der Waals surface area contributed by atoms with Crippen LogP contribution >= 0.6 is 15.9 Å². The zero-order valence-electron chi connectivity index (χ0n) is 13.0. The lowest BCUT2D eigenvalue weighted by Crippen LogP contribution is -2.43. The number of hydrogen-bond donors (Lipinski definition) is 2. The van der Waals surface area contributed by atoms with Gasteiger partial charge in [0.25, 0.3) is 0 Å². The Morgan fingerprint density at radius 1 is 1.10 bits per heavy atom. The largest absolute Gasteiger partial charge is 0.347 e. The molecule has 1 rings (SSSR count). The highest BCUT2D eigenvalue weighted by molar-refractivity contribution is 9.10. The summed E-state index contributed by atoms with van der Waals surface area (Å²) in [5, 5.41) is 6.40. The van der Waals surface area contributed by atoms with Crippen LogP contribution in [0.15, 0.2) is 28.7 Å². The topological polar surface area (TPSA) is 41.1 Å². The van der Waals surface area contributed by atoms with E-state index in [1.807, 2.05) is 38.1 Å². The first-order valence-electron chi connectivity index (χ1n) is 6.92. The van der Waals surface area contributed by atoms with Crippen molar-refractivity contribution in [3.8, 4) is 0 Å². The molecule has 0 spiro atoms. The average molecular weight is 341 g/mol. The maximum atomic E-state index is 12.0. The number of amides is 1. The van der Waals surface area contributed by atoms with Crippen LogP contribution in [0.2, 0.25) is 0 Å². The van der Waals surface area contributed by atoms with Gasteiger partial charge in [-0.1, -0.05) is 28.1 Å². The van der Waals surface area contributed by atoms with Gasteiger partial charge in [0.15, 0.2) is 0 Å².